The Morgan fingerprint density at radius 1 is 1.10 bits per heavy atom. The van der Waals surface area contributed by atoms with E-state index in [0.29, 0.717) is 6.04 Å². The lowest BCUT2D eigenvalue weighted by Crippen LogP contribution is -2.21. The van der Waals surface area contributed by atoms with Crippen LogP contribution in [0, 0.1) is 6.92 Å². The first kappa shape index (κ1) is 14.6. The Morgan fingerprint density at radius 2 is 1.90 bits per heavy atom. The summed E-state index contributed by atoms with van der Waals surface area (Å²) in [6.07, 6.45) is 1.05. The lowest BCUT2D eigenvalue weighted by Gasteiger charge is -2.15. The van der Waals surface area contributed by atoms with Crippen molar-refractivity contribution >= 4 is 0 Å². The maximum Gasteiger partial charge on any atom is 0.119 e. The number of methoxy groups -OCH3 is 1. The maximum atomic E-state index is 5.26. The number of benzene rings is 2. The molecule has 2 aromatic rings. The van der Waals surface area contributed by atoms with Crippen LogP contribution < -0.4 is 10.1 Å². The average Bonchev–Trinajstić information content (AvgIpc) is 2.47. The zero-order valence-electron chi connectivity index (χ0n) is 12.5. The van der Waals surface area contributed by atoms with Crippen molar-refractivity contribution in [3.05, 3.63) is 65.2 Å². The van der Waals surface area contributed by atoms with Crippen molar-refractivity contribution < 1.29 is 4.74 Å². The van der Waals surface area contributed by atoms with Crippen molar-refractivity contribution in [3.8, 4) is 5.75 Å². The fourth-order valence-corrected chi connectivity index (χ4v) is 2.33. The summed E-state index contributed by atoms with van der Waals surface area (Å²) in [4.78, 5) is 0. The molecule has 0 saturated carbocycles. The minimum Gasteiger partial charge on any atom is -0.497 e. The summed E-state index contributed by atoms with van der Waals surface area (Å²) in [5.41, 5.74) is 3.97. The fraction of sp³-hybridized carbons (Fsp3) is 0.333. The van der Waals surface area contributed by atoms with Gasteiger partial charge in [0.05, 0.1) is 7.11 Å². The smallest absolute Gasteiger partial charge is 0.119 e. The zero-order valence-corrected chi connectivity index (χ0v) is 12.5. The number of hydrogen-bond donors (Lipinski definition) is 1. The molecule has 0 saturated heterocycles. The molecule has 106 valence electrons. The number of aryl methyl sites for hydroxylation is 1. The Morgan fingerprint density at radius 3 is 2.65 bits per heavy atom. The SMILES string of the molecule is COc1cccc([C@H](C)NCCc2cccc(C)c2)c1. The lowest BCUT2D eigenvalue weighted by molar-refractivity contribution is 0.413. The highest BCUT2D eigenvalue weighted by atomic mass is 16.5. The van der Waals surface area contributed by atoms with Gasteiger partial charge in [-0.05, 0) is 50.1 Å². The normalized spacial score (nSPS) is 12.2. The average molecular weight is 269 g/mol. The second-order valence-corrected chi connectivity index (χ2v) is 5.19. The third kappa shape index (κ3) is 4.10. The second kappa shape index (κ2) is 7.11. The Kier molecular flexibility index (Phi) is 5.19. The van der Waals surface area contributed by atoms with Gasteiger partial charge in [0.2, 0.25) is 0 Å². The molecule has 20 heavy (non-hydrogen) atoms. The molecule has 0 bridgehead atoms. The van der Waals surface area contributed by atoms with E-state index < -0.39 is 0 Å². The summed E-state index contributed by atoms with van der Waals surface area (Å²) in [5.74, 6) is 0.912. The molecule has 1 atom stereocenters. The molecule has 0 heterocycles. The molecular weight excluding hydrogens is 246 g/mol. The number of hydrogen-bond acceptors (Lipinski definition) is 2. The minimum atomic E-state index is 0.329. The van der Waals surface area contributed by atoms with Crippen molar-refractivity contribution in [2.24, 2.45) is 0 Å². The summed E-state index contributed by atoms with van der Waals surface area (Å²) in [6.45, 7) is 5.29. The van der Waals surface area contributed by atoms with Crippen LogP contribution in [-0.4, -0.2) is 13.7 Å². The fourth-order valence-electron chi connectivity index (χ4n) is 2.33. The van der Waals surface area contributed by atoms with Crippen LogP contribution in [0.25, 0.3) is 0 Å². The topological polar surface area (TPSA) is 21.3 Å². The molecule has 0 radical (unpaired) electrons. The Bertz CT molecular complexity index is 551. The summed E-state index contributed by atoms with van der Waals surface area (Å²) < 4.78 is 5.26. The summed E-state index contributed by atoms with van der Waals surface area (Å²) in [5, 5.41) is 3.56. The molecule has 0 fully saturated rings. The van der Waals surface area contributed by atoms with Crippen molar-refractivity contribution in [1.29, 1.82) is 0 Å². The van der Waals surface area contributed by atoms with Crippen LogP contribution in [0.4, 0.5) is 0 Å². The molecule has 1 N–H and O–H groups in total. The van der Waals surface area contributed by atoms with Crippen LogP contribution in [0.1, 0.15) is 29.7 Å². The van der Waals surface area contributed by atoms with Gasteiger partial charge in [0, 0.05) is 6.04 Å². The number of nitrogens with one attached hydrogen (secondary N) is 1. The van der Waals surface area contributed by atoms with Gasteiger partial charge in [0.1, 0.15) is 5.75 Å². The molecule has 2 nitrogen and oxygen atoms in total. The van der Waals surface area contributed by atoms with E-state index in [2.05, 4.69) is 55.6 Å². The van der Waals surface area contributed by atoms with Crippen LogP contribution in [0.3, 0.4) is 0 Å². The van der Waals surface area contributed by atoms with Gasteiger partial charge in [0.15, 0.2) is 0 Å². The van der Waals surface area contributed by atoms with E-state index in [4.69, 9.17) is 4.74 Å². The zero-order chi connectivity index (χ0) is 14.4. The molecule has 0 spiro atoms. The van der Waals surface area contributed by atoms with Crippen LogP contribution in [0.5, 0.6) is 5.75 Å². The van der Waals surface area contributed by atoms with E-state index in [0.717, 1.165) is 18.7 Å². The minimum absolute atomic E-state index is 0.329. The van der Waals surface area contributed by atoms with E-state index in [1.807, 2.05) is 12.1 Å². The van der Waals surface area contributed by atoms with Gasteiger partial charge < -0.3 is 10.1 Å². The molecule has 2 rings (SSSR count). The largest absolute Gasteiger partial charge is 0.497 e. The van der Waals surface area contributed by atoms with E-state index in [1.54, 1.807) is 7.11 Å². The van der Waals surface area contributed by atoms with Crippen LogP contribution >= 0.6 is 0 Å². The van der Waals surface area contributed by atoms with E-state index in [9.17, 15) is 0 Å². The highest BCUT2D eigenvalue weighted by Crippen LogP contribution is 2.18. The molecule has 0 aliphatic carbocycles. The van der Waals surface area contributed by atoms with Gasteiger partial charge in [0.25, 0.3) is 0 Å². The first-order valence-electron chi connectivity index (χ1n) is 7.12. The molecule has 0 unspecified atom stereocenters. The molecule has 2 heteroatoms. The van der Waals surface area contributed by atoms with E-state index >= 15 is 0 Å². The molecule has 0 aliphatic heterocycles. The summed E-state index contributed by atoms with van der Waals surface area (Å²) >= 11 is 0. The van der Waals surface area contributed by atoms with E-state index in [-0.39, 0.29) is 0 Å². The van der Waals surface area contributed by atoms with Gasteiger partial charge >= 0.3 is 0 Å². The van der Waals surface area contributed by atoms with Crippen molar-refractivity contribution in [2.75, 3.05) is 13.7 Å². The predicted octanol–water partition coefficient (Wildman–Crippen LogP) is 3.90. The molecular formula is C18H23NO. The third-order valence-corrected chi connectivity index (χ3v) is 3.54. The van der Waals surface area contributed by atoms with Crippen LogP contribution in [-0.2, 0) is 6.42 Å². The summed E-state index contributed by atoms with van der Waals surface area (Å²) in [6, 6.07) is 17.2. The molecule has 2 aromatic carbocycles. The monoisotopic (exact) mass is 269 g/mol. The van der Waals surface area contributed by atoms with Gasteiger partial charge in [-0.3, -0.25) is 0 Å². The Balaban J connectivity index is 1.87. The van der Waals surface area contributed by atoms with Gasteiger partial charge in [-0.15, -0.1) is 0 Å². The first-order chi connectivity index (χ1) is 9.69. The predicted molar refractivity (Wildman–Crippen MR) is 84.3 cm³/mol. The van der Waals surface area contributed by atoms with Crippen LogP contribution in [0.15, 0.2) is 48.5 Å². The quantitative estimate of drug-likeness (QED) is 0.859. The highest BCUT2D eigenvalue weighted by molar-refractivity contribution is 5.30. The third-order valence-electron chi connectivity index (χ3n) is 3.54. The second-order valence-electron chi connectivity index (χ2n) is 5.19. The lowest BCUT2D eigenvalue weighted by atomic mass is 10.1. The van der Waals surface area contributed by atoms with Crippen molar-refractivity contribution in [3.63, 3.8) is 0 Å². The van der Waals surface area contributed by atoms with Gasteiger partial charge in [-0.1, -0.05) is 42.0 Å². The maximum absolute atomic E-state index is 5.26. The van der Waals surface area contributed by atoms with E-state index in [1.165, 1.54) is 16.7 Å². The first-order valence-corrected chi connectivity index (χ1v) is 7.12. The van der Waals surface area contributed by atoms with Gasteiger partial charge in [-0.2, -0.15) is 0 Å². The molecule has 0 amide bonds. The number of rotatable bonds is 6. The summed E-state index contributed by atoms with van der Waals surface area (Å²) in [7, 11) is 1.70. The standard InChI is InChI=1S/C18H23NO/c1-14-6-4-7-16(12-14)10-11-19-15(2)17-8-5-9-18(13-17)20-3/h4-9,12-13,15,19H,10-11H2,1-3H3/t15-/m0/s1. The van der Waals surface area contributed by atoms with Crippen molar-refractivity contribution in [1.82, 2.24) is 5.32 Å². The molecule has 0 aliphatic rings. The Labute approximate surface area is 121 Å². The molecule has 0 aromatic heterocycles. The Hall–Kier alpha value is -1.80. The van der Waals surface area contributed by atoms with Crippen molar-refractivity contribution in [2.45, 2.75) is 26.3 Å². The highest BCUT2D eigenvalue weighted by Gasteiger charge is 2.05. The van der Waals surface area contributed by atoms with Gasteiger partial charge in [-0.25, -0.2) is 0 Å². The number of ether oxygens (including phenoxy) is 1. The van der Waals surface area contributed by atoms with Crippen LogP contribution in [0.2, 0.25) is 0 Å².